The zero-order valence-electron chi connectivity index (χ0n) is 7.23. The van der Waals surface area contributed by atoms with E-state index in [1.807, 2.05) is 18.0 Å². The van der Waals surface area contributed by atoms with Crippen molar-refractivity contribution in [1.29, 1.82) is 0 Å². The van der Waals surface area contributed by atoms with Crippen LogP contribution in [0.3, 0.4) is 0 Å². The quantitative estimate of drug-likeness (QED) is 0.720. The molecule has 1 fully saturated rings. The summed E-state index contributed by atoms with van der Waals surface area (Å²) in [4.78, 5) is 15.7. The Hall–Kier alpha value is -0.350. The minimum atomic E-state index is 0.525. The van der Waals surface area contributed by atoms with Gasteiger partial charge >= 0.3 is 0 Å². The number of thioether (sulfide) groups is 1. The lowest BCUT2D eigenvalue weighted by atomic mass is 10.1. The van der Waals surface area contributed by atoms with Gasteiger partial charge in [-0.15, -0.1) is 11.3 Å². The molecule has 4 heteroatoms. The summed E-state index contributed by atoms with van der Waals surface area (Å²) < 4.78 is 0. The Balaban J connectivity index is 2.07. The lowest BCUT2D eigenvalue weighted by molar-refractivity contribution is -0.107. The van der Waals surface area contributed by atoms with Crippen molar-refractivity contribution in [3.63, 3.8) is 0 Å². The van der Waals surface area contributed by atoms with Gasteiger partial charge in [0.05, 0.1) is 5.01 Å². The summed E-state index contributed by atoms with van der Waals surface area (Å²) in [6, 6.07) is 0. The van der Waals surface area contributed by atoms with Crippen molar-refractivity contribution in [1.82, 2.24) is 4.98 Å². The molecule has 0 saturated carbocycles. The number of thiazole rings is 1. The van der Waals surface area contributed by atoms with Crippen LogP contribution in [-0.4, -0.2) is 22.8 Å². The SMILES string of the molecule is O=CCc1cnc(C2CCSC2)s1. The maximum absolute atomic E-state index is 10.3. The van der Waals surface area contributed by atoms with Crippen molar-refractivity contribution >= 4 is 29.4 Å². The highest BCUT2D eigenvalue weighted by Gasteiger charge is 2.20. The molecule has 0 bridgehead atoms. The third-order valence-corrected chi connectivity index (χ3v) is 4.48. The van der Waals surface area contributed by atoms with Crippen LogP contribution in [0, 0.1) is 0 Å². The first-order chi connectivity index (χ1) is 6.40. The van der Waals surface area contributed by atoms with Gasteiger partial charge in [0.1, 0.15) is 6.29 Å². The van der Waals surface area contributed by atoms with Crippen molar-refractivity contribution in [2.45, 2.75) is 18.8 Å². The smallest absolute Gasteiger partial charge is 0.125 e. The second kappa shape index (κ2) is 4.24. The lowest BCUT2D eigenvalue weighted by Crippen LogP contribution is -1.93. The van der Waals surface area contributed by atoms with Crippen LogP contribution in [-0.2, 0) is 11.2 Å². The summed E-state index contributed by atoms with van der Waals surface area (Å²) in [7, 11) is 0. The molecule has 0 radical (unpaired) electrons. The maximum atomic E-state index is 10.3. The van der Waals surface area contributed by atoms with Crippen LogP contribution in [0.4, 0.5) is 0 Å². The molecule has 0 amide bonds. The predicted molar refractivity (Wildman–Crippen MR) is 56.6 cm³/mol. The highest BCUT2D eigenvalue weighted by atomic mass is 32.2. The molecular formula is C9H11NOS2. The number of aromatic nitrogens is 1. The summed E-state index contributed by atoms with van der Waals surface area (Å²) >= 11 is 3.70. The molecule has 1 aliphatic heterocycles. The molecule has 1 aromatic rings. The predicted octanol–water partition coefficient (Wildman–Crippen LogP) is 2.10. The molecule has 0 N–H and O–H groups in total. The van der Waals surface area contributed by atoms with Gasteiger partial charge in [0.2, 0.25) is 0 Å². The third kappa shape index (κ3) is 2.11. The van der Waals surface area contributed by atoms with Crippen molar-refractivity contribution < 1.29 is 4.79 Å². The molecule has 1 atom stereocenters. The first-order valence-electron chi connectivity index (χ1n) is 4.36. The molecule has 1 aliphatic rings. The molecule has 13 heavy (non-hydrogen) atoms. The largest absolute Gasteiger partial charge is 0.303 e. The van der Waals surface area contributed by atoms with Crippen molar-refractivity contribution in [3.8, 4) is 0 Å². The molecule has 1 unspecified atom stereocenters. The van der Waals surface area contributed by atoms with Crippen molar-refractivity contribution in [2.75, 3.05) is 11.5 Å². The molecular weight excluding hydrogens is 202 g/mol. The van der Waals surface area contributed by atoms with E-state index in [9.17, 15) is 4.79 Å². The second-order valence-electron chi connectivity index (χ2n) is 3.10. The van der Waals surface area contributed by atoms with Crippen LogP contribution >= 0.6 is 23.1 Å². The van der Waals surface area contributed by atoms with Gasteiger partial charge in [-0.05, 0) is 12.2 Å². The average molecular weight is 213 g/mol. The molecule has 0 spiro atoms. The van der Waals surface area contributed by atoms with Gasteiger partial charge in [-0.25, -0.2) is 4.98 Å². The fourth-order valence-electron chi connectivity index (χ4n) is 1.42. The summed E-state index contributed by atoms with van der Waals surface area (Å²) in [5, 5.41) is 1.22. The number of aldehydes is 1. The van der Waals surface area contributed by atoms with E-state index in [0.717, 1.165) is 11.2 Å². The Bertz CT molecular complexity index is 292. The van der Waals surface area contributed by atoms with Gasteiger partial charge in [-0.1, -0.05) is 0 Å². The highest BCUT2D eigenvalue weighted by molar-refractivity contribution is 7.99. The van der Waals surface area contributed by atoms with Crippen LogP contribution < -0.4 is 0 Å². The van der Waals surface area contributed by atoms with Gasteiger partial charge < -0.3 is 4.79 Å². The van der Waals surface area contributed by atoms with Gasteiger partial charge in [0, 0.05) is 29.2 Å². The summed E-state index contributed by atoms with van der Waals surface area (Å²) in [5.74, 6) is 3.11. The van der Waals surface area contributed by atoms with E-state index in [0.29, 0.717) is 12.3 Å². The third-order valence-electron chi connectivity index (χ3n) is 2.13. The van der Waals surface area contributed by atoms with E-state index < -0.39 is 0 Å². The molecule has 1 aromatic heterocycles. The molecule has 70 valence electrons. The number of rotatable bonds is 3. The number of carbonyl (C=O) groups is 1. The Morgan fingerprint density at radius 2 is 2.62 bits per heavy atom. The molecule has 1 saturated heterocycles. The molecule has 2 nitrogen and oxygen atoms in total. The number of hydrogen-bond acceptors (Lipinski definition) is 4. The first kappa shape index (κ1) is 9.21. The Labute approximate surface area is 85.8 Å². The summed E-state index contributed by atoms with van der Waals surface area (Å²) in [6.45, 7) is 0. The minimum absolute atomic E-state index is 0.525. The standard InChI is InChI=1S/C9H11NOS2/c11-3-1-8-5-10-9(13-8)7-2-4-12-6-7/h3,5,7H,1-2,4,6H2. The summed E-state index contributed by atoms with van der Waals surface area (Å²) in [5.41, 5.74) is 0. The van der Waals surface area contributed by atoms with E-state index in [4.69, 9.17) is 0 Å². The monoisotopic (exact) mass is 213 g/mol. The lowest BCUT2D eigenvalue weighted by Gasteiger charge is -2.00. The molecule has 0 aliphatic carbocycles. The fraction of sp³-hybridized carbons (Fsp3) is 0.556. The maximum Gasteiger partial charge on any atom is 0.125 e. The van der Waals surface area contributed by atoms with E-state index >= 15 is 0 Å². The second-order valence-corrected chi connectivity index (χ2v) is 5.39. The fourth-order valence-corrected chi connectivity index (χ4v) is 3.75. The van der Waals surface area contributed by atoms with Crippen molar-refractivity contribution in [3.05, 3.63) is 16.1 Å². The highest BCUT2D eigenvalue weighted by Crippen LogP contribution is 2.34. The zero-order valence-corrected chi connectivity index (χ0v) is 8.87. The summed E-state index contributed by atoms with van der Waals surface area (Å²) in [6.07, 6.45) is 4.56. The topological polar surface area (TPSA) is 30.0 Å². The minimum Gasteiger partial charge on any atom is -0.303 e. The molecule has 2 rings (SSSR count). The average Bonchev–Trinajstić information content (AvgIpc) is 2.70. The van der Waals surface area contributed by atoms with E-state index in [2.05, 4.69) is 4.98 Å². The van der Waals surface area contributed by atoms with E-state index in [1.165, 1.54) is 22.9 Å². The van der Waals surface area contributed by atoms with Crippen LogP contribution in [0.1, 0.15) is 22.2 Å². The Kier molecular flexibility index (Phi) is 3.01. The molecule has 2 heterocycles. The number of nitrogens with zero attached hydrogens (tertiary/aromatic N) is 1. The van der Waals surface area contributed by atoms with E-state index in [-0.39, 0.29) is 0 Å². The van der Waals surface area contributed by atoms with Crippen LogP contribution in [0.25, 0.3) is 0 Å². The van der Waals surface area contributed by atoms with Gasteiger partial charge in [0.25, 0.3) is 0 Å². The normalized spacial score (nSPS) is 22.0. The van der Waals surface area contributed by atoms with Crippen LogP contribution in [0.5, 0.6) is 0 Å². The molecule has 0 aromatic carbocycles. The van der Waals surface area contributed by atoms with Gasteiger partial charge in [-0.2, -0.15) is 11.8 Å². The Morgan fingerprint density at radius 1 is 1.69 bits per heavy atom. The van der Waals surface area contributed by atoms with Gasteiger partial charge in [0.15, 0.2) is 0 Å². The van der Waals surface area contributed by atoms with E-state index in [1.54, 1.807) is 11.3 Å². The van der Waals surface area contributed by atoms with Crippen LogP contribution in [0.15, 0.2) is 6.20 Å². The Morgan fingerprint density at radius 3 is 3.31 bits per heavy atom. The first-order valence-corrected chi connectivity index (χ1v) is 6.33. The van der Waals surface area contributed by atoms with Gasteiger partial charge in [-0.3, -0.25) is 0 Å². The van der Waals surface area contributed by atoms with Crippen LogP contribution in [0.2, 0.25) is 0 Å². The number of hydrogen-bond donors (Lipinski definition) is 0. The van der Waals surface area contributed by atoms with Crippen molar-refractivity contribution in [2.24, 2.45) is 0 Å². The number of carbonyl (C=O) groups excluding carboxylic acids is 1. The zero-order chi connectivity index (χ0) is 9.10.